The third kappa shape index (κ3) is 2.68. The molecule has 0 amide bonds. The molecular weight excluding hydrogens is 272 g/mol. The topological polar surface area (TPSA) is 117 Å². The van der Waals surface area contributed by atoms with Crippen LogP contribution in [0.3, 0.4) is 0 Å². The van der Waals surface area contributed by atoms with E-state index in [-0.39, 0.29) is 23.7 Å². The molecule has 0 aliphatic heterocycles. The fraction of sp³-hybridized carbons (Fsp3) is 0.154. The van der Waals surface area contributed by atoms with E-state index in [0.717, 1.165) is 0 Å². The average molecular weight is 282 g/mol. The van der Waals surface area contributed by atoms with Crippen LogP contribution >= 0.6 is 0 Å². The first-order chi connectivity index (χ1) is 10.2. The van der Waals surface area contributed by atoms with Crippen molar-refractivity contribution >= 4 is 11.8 Å². The van der Waals surface area contributed by atoms with Crippen LogP contribution in [0.2, 0.25) is 0 Å². The van der Waals surface area contributed by atoms with Crippen molar-refractivity contribution in [2.24, 2.45) is 5.11 Å². The zero-order chi connectivity index (χ0) is 15.2. The number of rotatable bonds is 4. The molecule has 0 bridgehead atoms. The van der Waals surface area contributed by atoms with Gasteiger partial charge in [-0.25, -0.2) is 9.48 Å². The maximum atomic E-state index is 11.8. The van der Waals surface area contributed by atoms with Crippen molar-refractivity contribution in [2.75, 3.05) is 6.61 Å². The second-order valence-corrected chi connectivity index (χ2v) is 3.82. The SMILES string of the molecule is CCOC(=O)c1nn(-c2ccccc2)c(N=[N+]=[N-])c1C#N. The molecule has 8 nitrogen and oxygen atoms in total. The van der Waals surface area contributed by atoms with Crippen LogP contribution in [0.1, 0.15) is 23.0 Å². The first kappa shape index (κ1) is 14.1. The van der Waals surface area contributed by atoms with E-state index in [0.29, 0.717) is 5.69 Å². The van der Waals surface area contributed by atoms with Gasteiger partial charge in [0, 0.05) is 4.91 Å². The molecule has 0 N–H and O–H groups in total. The Morgan fingerprint density at radius 1 is 1.52 bits per heavy atom. The predicted molar refractivity (Wildman–Crippen MR) is 73.0 cm³/mol. The van der Waals surface area contributed by atoms with Gasteiger partial charge in [0.2, 0.25) is 0 Å². The first-order valence-electron chi connectivity index (χ1n) is 6.03. The van der Waals surface area contributed by atoms with Gasteiger partial charge < -0.3 is 4.74 Å². The summed E-state index contributed by atoms with van der Waals surface area (Å²) in [6.45, 7) is 1.80. The molecule has 1 aromatic heterocycles. The Morgan fingerprint density at radius 2 is 2.24 bits per heavy atom. The Balaban J connectivity index is 2.69. The van der Waals surface area contributed by atoms with Crippen molar-refractivity contribution in [3.63, 3.8) is 0 Å². The van der Waals surface area contributed by atoms with E-state index in [1.807, 2.05) is 6.07 Å². The quantitative estimate of drug-likeness (QED) is 0.371. The lowest BCUT2D eigenvalue weighted by Gasteiger charge is -2.02. The molecule has 1 heterocycles. The normalized spacial score (nSPS) is 9.52. The van der Waals surface area contributed by atoms with Gasteiger partial charge in [-0.2, -0.15) is 10.4 Å². The molecular formula is C13H10N6O2. The molecule has 8 heteroatoms. The number of carbonyl (C=O) groups is 1. The summed E-state index contributed by atoms with van der Waals surface area (Å²) in [7, 11) is 0. The number of hydrogen-bond donors (Lipinski definition) is 0. The highest BCUT2D eigenvalue weighted by molar-refractivity contribution is 5.92. The Morgan fingerprint density at radius 3 is 2.81 bits per heavy atom. The Hall–Kier alpha value is -3.30. The van der Waals surface area contributed by atoms with Crippen LogP contribution in [-0.2, 0) is 4.74 Å². The maximum Gasteiger partial charge on any atom is 0.360 e. The smallest absolute Gasteiger partial charge is 0.360 e. The van der Waals surface area contributed by atoms with Crippen LogP contribution in [0.4, 0.5) is 5.82 Å². The second kappa shape index (κ2) is 6.23. The standard InChI is InChI=1S/C13H10N6O2/c1-2-21-13(20)11-10(8-14)12(16-18-15)19(17-11)9-6-4-3-5-7-9/h3-7H,2H2,1H3. The van der Waals surface area contributed by atoms with Crippen molar-refractivity contribution in [3.05, 3.63) is 52.0 Å². The lowest BCUT2D eigenvalue weighted by molar-refractivity contribution is 0.0518. The van der Waals surface area contributed by atoms with E-state index in [1.54, 1.807) is 37.3 Å². The predicted octanol–water partition coefficient (Wildman–Crippen LogP) is 2.86. The van der Waals surface area contributed by atoms with Gasteiger partial charge in [-0.05, 0) is 29.7 Å². The molecule has 0 fully saturated rings. The summed E-state index contributed by atoms with van der Waals surface area (Å²) in [5.74, 6) is -0.785. The third-order valence-electron chi connectivity index (χ3n) is 2.58. The monoisotopic (exact) mass is 282 g/mol. The molecule has 104 valence electrons. The number of para-hydroxylation sites is 1. The van der Waals surface area contributed by atoms with Crippen molar-refractivity contribution < 1.29 is 9.53 Å². The number of carbonyl (C=O) groups excluding carboxylic acids is 1. The molecule has 0 unspecified atom stereocenters. The Kier molecular flexibility index (Phi) is 4.19. The highest BCUT2D eigenvalue weighted by Crippen LogP contribution is 2.26. The summed E-state index contributed by atoms with van der Waals surface area (Å²) < 4.78 is 6.09. The van der Waals surface area contributed by atoms with Crippen molar-refractivity contribution in [1.29, 1.82) is 5.26 Å². The number of benzene rings is 1. The second-order valence-electron chi connectivity index (χ2n) is 3.82. The van der Waals surface area contributed by atoms with Gasteiger partial charge in [0.15, 0.2) is 5.69 Å². The summed E-state index contributed by atoms with van der Waals surface area (Å²) in [5, 5.41) is 16.7. The molecule has 0 aliphatic rings. The van der Waals surface area contributed by atoms with E-state index in [9.17, 15) is 10.1 Å². The Bertz CT molecular complexity index is 753. The summed E-state index contributed by atoms with van der Waals surface area (Å²) in [5.41, 5.74) is 8.92. The molecule has 0 atom stereocenters. The molecule has 0 aliphatic carbocycles. The molecule has 0 spiro atoms. The van der Waals surface area contributed by atoms with E-state index in [1.165, 1.54) is 4.68 Å². The zero-order valence-corrected chi connectivity index (χ0v) is 11.1. The van der Waals surface area contributed by atoms with Crippen LogP contribution in [-0.4, -0.2) is 22.4 Å². The number of hydrogen-bond acceptors (Lipinski definition) is 5. The first-order valence-corrected chi connectivity index (χ1v) is 6.03. The van der Waals surface area contributed by atoms with Crippen LogP contribution in [0.25, 0.3) is 16.1 Å². The number of nitriles is 1. The fourth-order valence-electron chi connectivity index (χ4n) is 1.74. The fourth-order valence-corrected chi connectivity index (χ4v) is 1.74. The minimum atomic E-state index is -0.738. The highest BCUT2D eigenvalue weighted by atomic mass is 16.5. The van der Waals surface area contributed by atoms with Gasteiger partial charge in [0.05, 0.1) is 12.3 Å². The van der Waals surface area contributed by atoms with Crippen LogP contribution < -0.4 is 0 Å². The summed E-state index contributed by atoms with van der Waals surface area (Å²) in [6, 6.07) is 10.6. The zero-order valence-electron chi connectivity index (χ0n) is 11.1. The van der Waals surface area contributed by atoms with Crippen LogP contribution in [0, 0.1) is 11.3 Å². The van der Waals surface area contributed by atoms with Crippen LogP contribution in [0.15, 0.2) is 35.4 Å². The summed E-state index contributed by atoms with van der Waals surface area (Å²) >= 11 is 0. The number of esters is 1. The number of nitrogens with zero attached hydrogens (tertiary/aromatic N) is 6. The van der Waals surface area contributed by atoms with E-state index >= 15 is 0 Å². The molecule has 1 aromatic carbocycles. The van der Waals surface area contributed by atoms with E-state index in [2.05, 4.69) is 15.1 Å². The lowest BCUT2D eigenvalue weighted by atomic mass is 10.2. The largest absolute Gasteiger partial charge is 0.461 e. The minimum absolute atomic E-state index is 0.0470. The highest BCUT2D eigenvalue weighted by Gasteiger charge is 2.24. The van der Waals surface area contributed by atoms with Gasteiger partial charge in [0.1, 0.15) is 17.5 Å². The van der Waals surface area contributed by atoms with Crippen molar-refractivity contribution in [1.82, 2.24) is 9.78 Å². The minimum Gasteiger partial charge on any atom is -0.461 e. The average Bonchev–Trinajstić information content (AvgIpc) is 2.87. The molecule has 2 rings (SSSR count). The molecule has 0 radical (unpaired) electrons. The molecule has 0 saturated heterocycles. The molecule has 0 saturated carbocycles. The van der Waals surface area contributed by atoms with Gasteiger partial charge in [-0.1, -0.05) is 18.2 Å². The third-order valence-corrected chi connectivity index (χ3v) is 2.58. The lowest BCUT2D eigenvalue weighted by Crippen LogP contribution is -2.08. The summed E-state index contributed by atoms with van der Waals surface area (Å²) in [6.07, 6.45) is 0. The van der Waals surface area contributed by atoms with Crippen molar-refractivity contribution in [2.45, 2.75) is 6.92 Å². The van der Waals surface area contributed by atoms with Gasteiger partial charge in [-0.15, -0.1) is 0 Å². The van der Waals surface area contributed by atoms with Gasteiger partial charge >= 0.3 is 5.97 Å². The van der Waals surface area contributed by atoms with Crippen LogP contribution in [0.5, 0.6) is 0 Å². The van der Waals surface area contributed by atoms with E-state index < -0.39 is 5.97 Å². The molecule has 21 heavy (non-hydrogen) atoms. The molecule has 2 aromatic rings. The Labute approximate surface area is 119 Å². The summed E-state index contributed by atoms with van der Waals surface area (Å²) in [4.78, 5) is 14.5. The number of ether oxygens (including phenoxy) is 1. The van der Waals surface area contributed by atoms with Crippen molar-refractivity contribution in [3.8, 4) is 11.8 Å². The number of aromatic nitrogens is 2. The van der Waals surface area contributed by atoms with E-state index in [4.69, 9.17) is 10.3 Å². The van der Waals surface area contributed by atoms with Gasteiger partial charge in [0.25, 0.3) is 0 Å². The maximum absolute atomic E-state index is 11.8. The van der Waals surface area contributed by atoms with Gasteiger partial charge in [-0.3, -0.25) is 0 Å². The number of azide groups is 1.